The van der Waals surface area contributed by atoms with Crippen LogP contribution in [0, 0.1) is 23.7 Å². The summed E-state index contributed by atoms with van der Waals surface area (Å²) in [5, 5.41) is 12.1. The van der Waals surface area contributed by atoms with Crippen LogP contribution in [-0.4, -0.2) is 5.54 Å². The van der Waals surface area contributed by atoms with Crippen LogP contribution in [0.5, 0.6) is 0 Å². The maximum atomic E-state index is 8.78. The topological polar surface area (TPSA) is 35.8 Å². The minimum atomic E-state index is -0.275. The van der Waals surface area contributed by atoms with Gasteiger partial charge in [-0.05, 0) is 31.0 Å². The molecule has 0 radical (unpaired) electrons. The van der Waals surface area contributed by atoms with Crippen molar-refractivity contribution in [1.82, 2.24) is 5.32 Å². The summed E-state index contributed by atoms with van der Waals surface area (Å²) < 4.78 is 0. The molecule has 0 saturated heterocycles. The number of rotatable bonds is 4. The van der Waals surface area contributed by atoms with E-state index in [1.165, 1.54) is 0 Å². The average molecular weight is 212 g/mol. The minimum Gasteiger partial charge on any atom is -0.297 e. The van der Waals surface area contributed by atoms with Crippen LogP contribution in [0.1, 0.15) is 31.4 Å². The molecule has 0 aliphatic rings. The van der Waals surface area contributed by atoms with E-state index >= 15 is 0 Å². The third kappa shape index (κ3) is 3.12. The Kier molecular flexibility index (Phi) is 4.11. The number of nitriles is 1. The van der Waals surface area contributed by atoms with Gasteiger partial charge in [0.15, 0.2) is 0 Å². The number of nitrogens with one attached hydrogen (secondary N) is 1. The number of hydrogen-bond acceptors (Lipinski definition) is 2. The molecule has 1 aromatic rings. The van der Waals surface area contributed by atoms with E-state index < -0.39 is 0 Å². The van der Waals surface area contributed by atoms with Gasteiger partial charge in [0.25, 0.3) is 0 Å². The van der Waals surface area contributed by atoms with Crippen molar-refractivity contribution in [3.05, 3.63) is 35.4 Å². The molecular formula is C14H16N2. The highest BCUT2D eigenvalue weighted by atomic mass is 14.9. The van der Waals surface area contributed by atoms with Gasteiger partial charge in [-0.25, -0.2) is 0 Å². The highest BCUT2D eigenvalue weighted by Crippen LogP contribution is 2.10. The Morgan fingerprint density at radius 2 is 2.25 bits per heavy atom. The monoisotopic (exact) mass is 212 g/mol. The van der Waals surface area contributed by atoms with Crippen LogP contribution < -0.4 is 5.32 Å². The summed E-state index contributed by atoms with van der Waals surface area (Å²) >= 11 is 0. The van der Waals surface area contributed by atoms with Gasteiger partial charge in [0.05, 0.1) is 17.2 Å². The molecule has 2 heteroatoms. The third-order valence-electron chi connectivity index (χ3n) is 2.76. The lowest BCUT2D eigenvalue weighted by atomic mass is 9.99. The maximum Gasteiger partial charge on any atom is 0.0991 e. The predicted octanol–water partition coefficient (Wildman–Crippen LogP) is 2.45. The summed E-state index contributed by atoms with van der Waals surface area (Å²) in [6.45, 7) is 4.74. The van der Waals surface area contributed by atoms with Gasteiger partial charge in [-0.1, -0.05) is 25.0 Å². The first-order valence-electron chi connectivity index (χ1n) is 5.35. The smallest absolute Gasteiger partial charge is 0.0991 e. The molecule has 0 fully saturated rings. The lowest BCUT2D eigenvalue weighted by molar-refractivity contribution is 0.438. The second-order valence-electron chi connectivity index (χ2n) is 4.00. The van der Waals surface area contributed by atoms with Gasteiger partial charge in [0.2, 0.25) is 0 Å². The fraction of sp³-hybridized carbons (Fsp3) is 0.357. The Bertz CT molecular complexity index is 437. The normalized spacial score (nSPS) is 13.5. The summed E-state index contributed by atoms with van der Waals surface area (Å²) in [4.78, 5) is 0. The van der Waals surface area contributed by atoms with Crippen LogP contribution in [0.3, 0.4) is 0 Å². The molecule has 1 unspecified atom stereocenters. The standard InChI is InChI=1S/C14H16N2/c1-4-14(3,5-2)16-11-13-8-6-7-12(9-13)10-15/h1,6-9,16H,5,11H2,2-3H3. The molecule has 82 valence electrons. The first kappa shape index (κ1) is 12.3. The predicted molar refractivity (Wildman–Crippen MR) is 65.5 cm³/mol. The van der Waals surface area contributed by atoms with Crippen molar-refractivity contribution < 1.29 is 0 Å². The van der Waals surface area contributed by atoms with Crippen LogP contribution in [0.25, 0.3) is 0 Å². The molecule has 1 N–H and O–H groups in total. The molecule has 1 aromatic carbocycles. The van der Waals surface area contributed by atoms with Gasteiger partial charge in [0.1, 0.15) is 0 Å². The van der Waals surface area contributed by atoms with E-state index in [2.05, 4.69) is 24.2 Å². The second-order valence-corrected chi connectivity index (χ2v) is 4.00. The van der Waals surface area contributed by atoms with E-state index in [1.54, 1.807) is 6.07 Å². The fourth-order valence-electron chi connectivity index (χ4n) is 1.33. The SMILES string of the molecule is C#CC(C)(CC)NCc1cccc(C#N)c1. The summed E-state index contributed by atoms with van der Waals surface area (Å²) in [6.07, 6.45) is 6.35. The van der Waals surface area contributed by atoms with E-state index in [4.69, 9.17) is 11.7 Å². The molecule has 0 saturated carbocycles. The Balaban J connectivity index is 2.69. The van der Waals surface area contributed by atoms with Gasteiger partial charge in [-0.3, -0.25) is 5.32 Å². The number of hydrogen-bond donors (Lipinski definition) is 1. The highest BCUT2D eigenvalue weighted by molar-refractivity contribution is 5.32. The number of terminal acetylenes is 1. The molecule has 0 aromatic heterocycles. The van der Waals surface area contributed by atoms with Crippen molar-refractivity contribution in [2.45, 2.75) is 32.4 Å². The van der Waals surface area contributed by atoms with E-state index in [-0.39, 0.29) is 5.54 Å². The summed E-state index contributed by atoms with van der Waals surface area (Å²) in [6, 6.07) is 9.66. The number of nitrogens with zero attached hydrogens (tertiary/aromatic N) is 1. The summed E-state index contributed by atoms with van der Waals surface area (Å²) in [7, 11) is 0. The largest absolute Gasteiger partial charge is 0.297 e. The molecular weight excluding hydrogens is 196 g/mol. The Morgan fingerprint density at radius 3 is 2.81 bits per heavy atom. The summed E-state index contributed by atoms with van der Waals surface area (Å²) in [5.41, 5.74) is 1.48. The Labute approximate surface area is 97.3 Å². The van der Waals surface area contributed by atoms with Crippen molar-refractivity contribution in [1.29, 1.82) is 5.26 Å². The van der Waals surface area contributed by atoms with E-state index in [0.717, 1.165) is 12.0 Å². The van der Waals surface area contributed by atoms with Crippen LogP contribution in [0.4, 0.5) is 0 Å². The maximum absolute atomic E-state index is 8.78. The van der Waals surface area contributed by atoms with E-state index in [9.17, 15) is 0 Å². The van der Waals surface area contributed by atoms with Crippen molar-refractivity contribution in [3.8, 4) is 18.4 Å². The molecule has 0 aliphatic heterocycles. The molecule has 0 heterocycles. The van der Waals surface area contributed by atoms with Crippen molar-refractivity contribution in [2.75, 3.05) is 0 Å². The molecule has 1 atom stereocenters. The van der Waals surface area contributed by atoms with Crippen LogP contribution >= 0.6 is 0 Å². The molecule has 0 aliphatic carbocycles. The van der Waals surface area contributed by atoms with Gasteiger partial charge < -0.3 is 0 Å². The van der Waals surface area contributed by atoms with Gasteiger partial charge in [0, 0.05) is 6.54 Å². The lowest BCUT2D eigenvalue weighted by Gasteiger charge is -2.23. The molecule has 0 bridgehead atoms. The zero-order valence-corrected chi connectivity index (χ0v) is 9.75. The first-order valence-corrected chi connectivity index (χ1v) is 5.35. The van der Waals surface area contributed by atoms with E-state index in [0.29, 0.717) is 12.1 Å². The molecule has 2 nitrogen and oxygen atoms in total. The molecule has 0 spiro atoms. The van der Waals surface area contributed by atoms with Crippen LogP contribution in [0.15, 0.2) is 24.3 Å². The number of benzene rings is 1. The Morgan fingerprint density at radius 1 is 1.50 bits per heavy atom. The molecule has 0 amide bonds. The quantitative estimate of drug-likeness (QED) is 0.778. The fourth-order valence-corrected chi connectivity index (χ4v) is 1.33. The minimum absolute atomic E-state index is 0.275. The highest BCUT2D eigenvalue weighted by Gasteiger charge is 2.16. The zero-order valence-electron chi connectivity index (χ0n) is 9.75. The summed E-state index contributed by atoms with van der Waals surface area (Å²) in [5.74, 6) is 2.75. The Hall–Kier alpha value is -1.77. The second kappa shape index (κ2) is 5.35. The van der Waals surface area contributed by atoms with Crippen LogP contribution in [-0.2, 0) is 6.54 Å². The molecule has 1 rings (SSSR count). The third-order valence-corrected chi connectivity index (χ3v) is 2.76. The van der Waals surface area contributed by atoms with Crippen molar-refractivity contribution in [2.24, 2.45) is 0 Å². The van der Waals surface area contributed by atoms with Crippen molar-refractivity contribution in [3.63, 3.8) is 0 Å². The zero-order chi connectivity index (χ0) is 12.0. The van der Waals surface area contributed by atoms with Crippen molar-refractivity contribution >= 4 is 0 Å². The van der Waals surface area contributed by atoms with Gasteiger partial charge >= 0.3 is 0 Å². The van der Waals surface area contributed by atoms with Gasteiger partial charge in [-0.2, -0.15) is 5.26 Å². The van der Waals surface area contributed by atoms with Gasteiger partial charge in [-0.15, -0.1) is 6.42 Å². The average Bonchev–Trinajstić information content (AvgIpc) is 2.36. The van der Waals surface area contributed by atoms with Crippen LogP contribution in [0.2, 0.25) is 0 Å². The molecule has 16 heavy (non-hydrogen) atoms. The van der Waals surface area contributed by atoms with E-state index in [1.807, 2.05) is 25.1 Å². The first-order chi connectivity index (χ1) is 7.63. The lowest BCUT2D eigenvalue weighted by Crippen LogP contribution is -2.39.